The number of nitrogens with zero attached hydrogens (tertiary/aromatic N) is 1. The van der Waals surface area contributed by atoms with Gasteiger partial charge < -0.3 is 4.90 Å². The fourth-order valence-electron chi connectivity index (χ4n) is 0.901. The predicted molar refractivity (Wildman–Crippen MR) is 39.1 cm³/mol. The largest absolute Gasteiger partial charge is 0.364 e. The standard InChI is InChI=1S/C8H13N/c1-3-8(2)9-6-4-5-7-9/h4,7-8H,3,6H2,1-2H3/t8-/m1/s1. The molecule has 1 atom stereocenters. The quantitative estimate of drug-likeness (QED) is 0.506. The molecule has 0 N–H and O–H groups in total. The zero-order chi connectivity index (χ0) is 6.69. The van der Waals surface area contributed by atoms with E-state index in [0.29, 0.717) is 6.04 Å². The van der Waals surface area contributed by atoms with E-state index < -0.39 is 0 Å². The molecule has 1 aliphatic heterocycles. The predicted octanol–water partition coefficient (Wildman–Crippen LogP) is 1.77. The summed E-state index contributed by atoms with van der Waals surface area (Å²) in [6.07, 6.45) is 5.31. The van der Waals surface area contributed by atoms with E-state index in [1.807, 2.05) is 6.20 Å². The zero-order valence-electron chi connectivity index (χ0n) is 6.09. The van der Waals surface area contributed by atoms with E-state index in [1.165, 1.54) is 6.42 Å². The van der Waals surface area contributed by atoms with Crippen LogP contribution in [-0.4, -0.2) is 17.5 Å². The maximum absolute atomic E-state index is 3.06. The van der Waals surface area contributed by atoms with E-state index in [0.717, 1.165) is 6.54 Å². The Morgan fingerprint density at radius 1 is 1.78 bits per heavy atom. The van der Waals surface area contributed by atoms with Gasteiger partial charge in [-0.3, -0.25) is 0 Å². The summed E-state index contributed by atoms with van der Waals surface area (Å²) < 4.78 is 0. The maximum Gasteiger partial charge on any atom is 0.0437 e. The Kier molecular flexibility index (Phi) is 1.96. The van der Waals surface area contributed by atoms with Crippen LogP contribution >= 0.6 is 0 Å². The van der Waals surface area contributed by atoms with E-state index >= 15 is 0 Å². The highest BCUT2D eigenvalue weighted by Crippen LogP contribution is 2.06. The second-order valence-electron chi connectivity index (χ2n) is 2.45. The average Bonchev–Trinajstić information content (AvgIpc) is 2.37. The summed E-state index contributed by atoms with van der Waals surface area (Å²) in [4.78, 5) is 2.29. The summed E-state index contributed by atoms with van der Waals surface area (Å²) in [6.45, 7) is 5.49. The molecule has 0 saturated carbocycles. The molecule has 0 aliphatic carbocycles. The van der Waals surface area contributed by atoms with Gasteiger partial charge >= 0.3 is 0 Å². The van der Waals surface area contributed by atoms with Crippen molar-refractivity contribution in [1.82, 2.24) is 4.90 Å². The summed E-state index contributed by atoms with van der Waals surface area (Å²) in [5.74, 6) is 0. The SMILES string of the molecule is CC[C@@H](C)N1C=C=CC1. The van der Waals surface area contributed by atoms with Crippen LogP contribution in [0.4, 0.5) is 0 Å². The lowest BCUT2D eigenvalue weighted by Gasteiger charge is -2.21. The highest BCUT2D eigenvalue weighted by atomic mass is 15.1. The Balaban J connectivity index is 2.37. The van der Waals surface area contributed by atoms with Crippen molar-refractivity contribution in [2.75, 3.05) is 6.54 Å². The minimum absolute atomic E-state index is 0.677. The van der Waals surface area contributed by atoms with E-state index in [4.69, 9.17) is 0 Å². The molecule has 0 spiro atoms. The van der Waals surface area contributed by atoms with Gasteiger partial charge in [-0.05, 0) is 19.4 Å². The molecule has 0 aromatic carbocycles. The molecule has 0 unspecified atom stereocenters. The number of hydrogen-bond acceptors (Lipinski definition) is 1. The smallest absolute Gasteiger partial charge is 0.0437 e. The lowest BCUT2D eigenvalue weighted by atomic mass is 10.2. The van der Waals surface area contributed by atoms with Crippen molar-refractivity contribution in [1.29, 1.82) is 0 Å². The first kappa shape index (κ1) is 6.44. The Hall–Kier alpha value is -0.680. The molecule has 0 aromatic rings. The highest BCUT2D eigenvalue weighted by molar-refractivity contribution is 4.97. The fourth-order valence-corrected chi connectivity index (χ4v) is 0.901. The molecular formula is C8H13N. The van der Waals surface area contributed by atoms with Gasteiger partial charge in [0.25, 0.3) is 0 Å². The molecule has 1 heteroatoms. The minimum atomic E-state index is 0.677. The molecule has 1 rings (SSSR count). The van der Waals surface area contributed by atoms with Gasteiger partial charge in [-0.15, -0.1) is 5.73 Å². The summed E-state index contributed by atoms with van der Waals surface area (Å²) in [6, 6.07) is 0.677. The lowest BCUT2D eigenvalue weighted by molar-refractivity contribution is 0.322. The molecule has 0 aromatic heterocycles. The van der Waals surface area contributed by atoms with Gasteiger partial charge in [0.15, 0.2) is 0 Å². The van der Waals surface area contributed by atoms with Crippen LogP contribution in [-0.2, 0) is 0 Å². The molecule has 0 saturated heterocycles. The molecule has 0 radical (unpaired) electrons. The number of rotatable bonds is 2. The summed E-state index contributed by atoms with van der Waals surface area (Å²) in [5, 5.41) is 0. The Labute approximate surface area is 56.7 Å². The number of hydrogen-bond donors (Lipinski definition) is 0. The topological polar surface area (TPSA) is 3.24 Å². The highest BCUT2D eigenvalue weighted by Gasteiger charge is 2.06. The monoisotopic (exact) mass is 123 g/mol. The van der Waals surface area contributed by atoms with Crippen molar-refractivity contribution >= 4 is 0 Å². The van der Waals surface area contributed by atoms with Crippen molar-refractivity contribution < 1.29 is 0 Å². The minimum Gasteiger partial charge on any atom is -0.364 e. The van der Waals surface area contributed by atoms with Crippen LogP contribution < -0.4 is 0 Å². The third-order valence-corrected chi connectivity index (χ3v) is 1.82. The van der Waals surface area contributed by atoms with Crippen LogP contribution in [0, 0.1) is 0 Å². The van der Waals surface area contributed by atoms with Crippen LogP contribution in [0.2, 0.25) is 0 Å². The van der Waals surface area contributed by atoms with Crippen molar-refractivity contribution in [2.24, 2.45) is 0 Å². The fraction of sp³-hybridized carbons (Fsp3) is 0.625. The van der Waals surface area contributed by atoms with Gasteiger partial charge in [0.2, 0.25) is 0 Å². The van der Waals surface area contributed by atoms with Gasteiger partial charge in [-0.1, -0.05) is 6.92 Å². The second-order valence-corrected chi connectivity index (χ2v) is 2.45. The van der Waals surface area contributed by atoms with Crippen molar-refractivity contribution in [3.05, 3.63) is 18.0 Å². The molecule has 0 bridgehead atoms. The van der Waals surface area contributed by atoms with Crippen LogP contribution in [0.1, 0.15) is 20.3 Å². The van der Waals surface area contributed by atoms with Gasteiger partial charge in [-0.2, -0.15) is 0 Å². The Bertz CT molecular complexity index is 143. The molecule has 0 amide bonds. The molecule has 1 aliphatic rings. The summed E-state index contributed by atoms with van der Waals surface area (Å²) in [7, 11) is 0. The van der Waals surface area contributed by atoms with E-state index in [2.05, 4.69) is 30.6 Å². The zero-order valence-corrected chi connectivity index (χ0v) is 6.09. The molecule has 0 fully saturated rings. The lowest BCUT2D eigenvalue weighted by Crippen LogP contribution is -2.25. The summed E-state index contributed by atoms with van der Waals surface area (Å²) >= 11 is 0. The molecule has 1 nitrogen and oxygen atoms in total. The summed E-state index contributed by atoms with van der Waals surface area (Å²) in [5.41, 5.74) is 3.06. The molecule has 1 heterocycles. The van der Waals surface area contributed by atoms with Gasteiger partial charge in [0.1, 0.15) is 0 Å². The van der Waals surface area contributed by atoms with Crippen LogP contribution in [0.15, 0.2) is 18.0 Å². The second kappa shape index (κ2) is 2.75. The van der Waals surface area contributed by atoms with E-state index in [9.17, 15) is 0 Å². The third kappa shape index (κ3) is 1.36. The third-order valence-electron chi connectivity index (χ3n) is 1.82. The molecule has 50 valence electrons. The van der Waals surface area contributed by atoms with Crippen molar-refractivity contribution in [3.63, 3.8) is 0 Å². The average molecular weight is 123 g/mol. The van der Waals surface area contributed by atoms with E-state index in [1.54, 1.807) is 0 Å². The first-order chi connectivity index (χ1) is 4.34. The normalized spacial score (nSPS) is 19.1. The van der Waals surface area contributed by atoms with Gasteiger partial charge in [-0.25, -0.2) is 0 Å². The Morgan fingerprint density at radius 3 is 3.00 bits per heavy atom. The van der Waals surface area contributed by atoms with Gasteiger partial charge in [0.05, 0.1) is 0 Å². The van der Waals surface area contributed by atoms with Crippen LogP contribution in [0.5, 0.6) is 0 Å². The first-order valence-corrected chi connectivity index (χ1v) is 3.51. The molecule has 9 heavy (non-hydrogen) atoms. The van der Waals surface area contributed by atoms with Crippen LogP contribution in [0.3, 0.4) is 0 Å². The van der Waals surface area contributed by atoms with Crippen molar-refractivity contribution in [2.45, 2.75) is 26.3 Å². The maximum atomic E-state index is 3.06. The van der Waals surface area contributed by atoms with E-state index in [-0.39, 0.29) is 0 Å². The van der Waals surface area contributed by atoms with Crippen LogP contribution in [0.25, 0.3) is 0 Å². The molecular weight excluding hydrogens is 110 g/mol. The van der Waals surface area contributed by atoms with Crippen molar-refractivity contribution in [3.8, 4) is 0 Å². The first-order valence-electron chi connectivity index (χ1n) is 3.51. The Morgan fingerprint density at radius 2 is 2.56 bits per heavy atom. The van der Waals surface area contributed by atoms with Gasteiger partial charge in [0, 0.05) is 18.8 Å².